The molecule has 2 N–H and O–H groups in total. The van der Waals surface area contributed by atoms with Crippen LogP contribution in [0, 0.1) is 18.3 Å². The fourth-order valence-corrected chi connectivity index (χ4v) is 1.06. The van der Waals surface area contributed by atoms with Crippen molar-refractivity contribution in [2.75, 3.05) is 6.54 Å². The number of nitrogens with one attached hydrogen (secondary N) is 1. The van der Waals surface area contributed by atoms with Gasteiger partial charge in [0.05, 0.1) is 0 Å². The molecule has 0 aliphatic heterocycles. The molecule has 1 atom stereocenters. The Labute approximate surface area is 79.5 Å². The minimum absolute atomic E-state index is 0.100. The average molecular weight is 183 g/mol. The van der Waals surface area contributed by atoms with E-state index < -0.39 is 12.0 Å². The monoisotopic (exact) mass is 183 g/mol. The first kappa shape index (κ1) is 12.0. The molecule has 0 saturated carbocycles. The first-order chi connectivity index (χ1) is 6.09. The van der Waals surface area contributed by atoms with E-state index in [0.717, 1.165) is 6.42 Å². The van der Waals surface area contributed by atoms with Crippen molar-refractivity contribution in [1.82, 2.24) is 5.32 Å². The van der Waals surface area contributed by atoms with Crippen LogP contribution in [0.2, 0.25) is 0 Å². The molecule has 13 heavy (non-hydrogen) atoms. The predicted octanol–water partition coefficient (Wildman–Crippen LogP) is 1.10. The topological polar surface area (TPSA) is 49.3 Å². The highest BCUT2D eigenvalue weighted by atomic mass is 16.4. The number of rotatable bonds is 6. The lowest BCUT2D eigenvalue weighted by atomic mass is 10.0. The van der Waals surface area contributed by atoms with Gasteiger partial charge in [-0.1, -0.05) is 13.8 Å². The number of carboxylic acids is 1. The molecule has 0 bridgehead atoms. The van der Waals surface area contributed by atoms with E-state index >= 15 is 0 Å². The number of carboxylic acid groups (broad SMARTS) is 1. The molecule has 74 valence electrons. The zero-order valence-corrected chi connectivity index (χ0v) is 8.21. The van der Waals surface area contributed by atoms with Gasteiger partial charge in [0.1, 0.15) is 6.04 Å². The molecular formula is C10H17NO2. The van der Waals surface area contributed by atoms with Crippen LogP contribution in [0.5, 0.6) is 0 Å². The summed E-state index contributed by atoms with van der Waals surface area (Å²) in [6.45, 7) is 4.43. The van der Waals surface area contributed by atoms with E-state index in [1.165, 1.54) is 0 Å². The van der Waals surface area contributed by atoms with E-state index in [1.54, 1.807) is 0 Å². The molecule has 1 unspecified atom stereocenters. The van der Waals surface area contributed by atoms with Crippen LogP contribution in [0.25, 0.3) is 0 Å². The van der Waals surface area contributed by atoms with Crippen molar-refractivity contribution in [2.45, 2.75) is 32.7 Å². The van der Waals surface area contributed by atoms with Crippen LogP contribution in [0.15, 0.2) is 0 Å². The molecule has 0 saturated heterocycles. The fraction of sp³-hybridized carbons (Fsp3) is 0.700. The molecule has 0 aliphatic carbocycles. The summed E-state index contributed by atoms with van der Waals surface area (Å²) < 4.78 is 0. The maximum atomic E-state index is 10.7. The zero-order chi connectivity index (χ0) is 10.3. The largest absolute Gasteiger partial charge is 0.480 e. The van der Waals surface area contributed by atoms with E-state index in [1.807, 2.05) is 13.8 Å². The Balaban J connectivity index is 3.72. The summed E-state index contributed by atoms with van der Waals surface area (Å²) in [4.78, 5) is 10.7. The van der Waals surface area contributed by atoms with E-state index in [0.29, 0.717) is 13.0 Å². The Bertz CT molecular complexity index is 194. The normalized spacial score (nSPS) is 12.5. The molecule has 0 aliphatic rings. The molecule has 0 radical (unpaired) electrons. The van der Waals surface area contributed by atoms with Crippen molar-refractivity contribution < 1.29 is 9.90 Å². The molecule has 3 heteroatoms. The lowest BCUT2D eigenvalue weighted by molar-refractivity contribution is -0.140. The van der Waals surface area contributed by atoms with Gasteiger partial charge in [0.15, 0.2) is 0 Å². The second-order valence-electron chi connectivity index (χ2n) is 3.32. The summed E-state index contributed by atoms with van der Waals surface area (Å²) in [6, 6.07) is -0.460. The van der Waals surface area contributed by atoms with Gasteiger partial charge in [0.25, 0.3) is 0 Å². The van der Waals surface area contributed by atoms with Crippen LogP contribution in [0.3, 0.4) is 0 Å². The summed E-state index contributed by atoms with van der Waals surface area (Å²) in [5.41, 5.74) is 0. The summed E-state index contributed by atoms with van der Waals surface area (Å²) in [7, 11) is 0. The molecule has 0 aromatic rings. The number of hydrogen-bond acceptors (Lipinski definition) is 2. The molecule has 0 fully saturated rings. The van der Waals surface area contributed by atoms with E-state index in [-0.39, 0.29) is 5.92 Å². The molecule has 0 spiro atoms. The van der Waals surface area contributed by atoms with Crippen LogP contribution in [0.1, 0.15) is 26.7 Å². The van der Waals surface area contributed by atoms with Crippen LogP contribution in [0.4, 0.5) is 0 Å². The summed E-state index contributed by atoms with van der Waals surface area (Å²) in [5.74, 6) is 1.82. The van der Waals surface area contributed by atoms with Gasteiger partial charge in [0.2, 0.25) is 0 Å². The minimum Gasteiger partial charge on any atom is -0.480 e. The van der Waals surface area contributed by atoms with Gasteiger partial charge < -0.3 is 10.4 Å². The highest BCUT2D eigenvalue weighted by Gasteiger charge is 2.19. The lowest BCUT2D eigenvalue weighted by Gasteiger charge is -2.17. The van der Waals surface area contributed by atoms with Crippen LogP contribution < -0.4 is 5.32 Å². The molecule has 0 heterocycles. The van der Waals surface area contributed by atoms with Gasteiger partial charge in [-0.2, -0.15) is 0 Å². The van der Waals surface area contributed by atoms with Crippen molar-refractivity contribution in [3.63, 3.8) is 0 Å². The fourth-order valence-electron chi connectivity index (χ4n) is 1.06. The van der Waals surface area contributed by atoms with Gasteiger partial charge >= 0.3 is 5.97 Å². The SMILES string of the molecule is C#CCCCNC(C(=O)O)C(C)C. The van der Waals surface area contributed by atoms with E-state index in [4.69, 9.17) is 11.5 Å². The maximum absolute atomic E-state index is 10.7. The van der Waals surface area contributed by atoms with Crippen LogP contribution >= 0.6 is 0 Å². The average Bonchev–Trinajstić information content (AvgIpc) is 2.02. The quantitative estimate of drug-likeness (QED) is 0.479. The van der Waals surface area contributed by atoms with Crippen molar-refractivity contribution >= 4 is 5.97 Å². The number of unbranched alkanes of at least 4 members (excludes halogenated alkanes) is 1. The van der Waals surface area contributed by atoms with Crippen LogP contribution in [-0.4, -0.2) is 23.7 Å². The van der Waals surface area contributed by atoms with Gasteiger partial charge in [-0.15, -0.1) is 12.3 Å². The van der Waals surface area contributed by atoms with E-state index in [2.05, 4.69) is 11.2 Å². The Morgan fingerprint density at radius 1 is 1.62 bits per heavy atom. The summed E-state index contributed by atoms with van der Waals surface area (Å²) in [5, 5.41) is 11.8. The zero-order valence-electron chi connectivity index (χ0n) is 8.21. The maximum Gasteiger partial charge on any atom is 0.320 e. The third-order valence-electron chi connectivity index (χ3n) is 1.79. The molecule has 0 rings (SSSR count). The van der Waals surface area contributed by atoms with Crippen molar-refractivity contribution in [1.29, 1.82) is 0 Å². The number of carbonyl (C=O) groups is 1. The molecule has 3 nitrogen and oxygen atoms in total. The second-order valence-corrected chi connectivity index (χ2v) is 3.32. The van der Waals surface area contributed by atoms with Crippen molar-refractivity contribution in [3.8, 4) is 12.3 Å². The molecule has 0 amide bonds. The Hall–Kier alpha value is -1.01. The smallest absolute Gasteiger partial charge is 0.320 e. The third kappa shape index (κ3) is 5.26. The Morgan fingerprint density at radius 3 is 2.62 bits per heavy atom. The van der Waals surface area contributed by atoms with E-state index in [9.17, 15) is 4.79 Å². The molecular weight excluding hydrogens is 166 g/mol. The summed E-state index contributed by atoms with van der Waals surface area (Å²) in [6.07, 6.45) is 6.59. The third-order valence-corrected chi connectivity index (χ3v) is 1.79. The van der Waals surface area contributed by atoms with Crippen molar-refractivity contribution in [2.24, 2.45) is 5.92 Å². The predicted molar refractivity (Wildman–Crippen MR) is 52.3 cm³/mol. The van der Waals surface area contributed by atoms with Gasteiger partial charge in [-0.3, -0.25) is 4.79 Å². The molecule has 0 aromatic heterocycles. The van der Waals surface area contributed by atoms with Crippen molar-refractivity contribution in [3.05, 3.63) is 0 Å². The number of aliphatic carboxylic acids is 1. The van der Waals surface area contributed by atoms with Gasteiger partial charge in [-0.25, -0.2) is 0 Å². The number of terminal acetylenes is 1. The highest BCUT2D eigenvalue weighted by Crippen LogP contribution is 2.01. The lowest BCUT2D eigenvalue weighted by Crippen LogP contribution is -2.41. The number of hydrogen-bond donors (Lipinski definition) is 2. The first-order valence-corrected chi connectivity index (χ1v) is 4.49. The highest BCUT2D eigenvalue weighted by molar-refractivity contribution is 5.73. The first-order valence-electron chi connectivity index (χ1n) is 4.49. The Morgan fingerprint density at radius 2 is 2.23 bits per heavy atom. The standard InChI is InChI=1S/C10H17NO2/c1-4-5-6-7-11-9(8(2)3)10(12)13/h1,8-9,11H,5-7H2,2-3H3,(H,12,13). The summed E-state index contributed by atoms with van der Waals surface area (Å²) >= 11 is 0. The Kier molecular flexibility index (Phi) is 5.99. The van der Waals surface area contributed by atoms with Crippen LogP contribution in [-0.2, 0) is 4.79 Å². The molecule has 0 aromatic carbocycles. The van der Waals surface area contributed by atoms with Gasteiger partial charge in [-0.05, 0) is 18.9 Å². The second kappa shape index (κ2) is 6.50. The minimum atomic E-state index is -0.796. The van der Waals surface area contributed by atoms with Gasteiger partial charge in [0, 0.05) is 6.42 Å².